The monoisotopic (exact) mass is 184 g/mol. The van der Waals surface area contributed by atoms with E-state index < -0.39 is 0 Å². The van der Waals surface area contributed by atoms with Crippen molar-refractivity contribution >= 4 is 5.97 Å². The van der Waals surface area contributed by atoms with Crippen molar-refractivity contribution in [3.05, 3.63) is 24.3 Å². The highest BCUT2D eigenvalue weighted by Gasteiger charge is 1.85. The lowest BCUT2D eigenvalue weighted by Crippen LogP contribution is -1.97. The molecule has 0 amide bonds. The zero-order valence-corrected chi connectivity index (χ0v) is 7.90. The summed E-state index contributed by atoms with van der Waals surface area (Å²) in [7, 11) is 0. The summed E-state index contributed by atoms with van der Waals surface area (Å²) in [5.41, 5.74) is 0. The first kappa shape index (κ1) is 11.9. The first-order chi connectivity index (χ1) is 6.27. The van der Waals surface area contributed by atoms with Crippen molar-refractivity contribution in [3.63, 3.8) is 0 Å². The Morgan fingerprint density at radius 3 is 2.62 bits per heavy atom. The molecule has 0 saturated heterocycles. The third-order valence-electron chi connectivity index (χ3n) is 1.28. The minimum atomic E-state index is -0.263. The molecule has 3 heteroatoms. The van der Waals surface area contributed by atoms with Gasteiger partial charge < -0.3 is 9.84 Å². The summed E-state index contributed by atoms with van der Waals surface area (Å²) in [4.78, 5) is 10.3. The second kappa shape index (κ2) is 9.00. The summed E-state index contributed by atoms with van der Waals surface area (Å²) in [5.74, 6) is -0.263. The van der Waals surface area contributed by atoms with Crippen LogP contribution in [0.3, 0.4) is 0 Å². The molecular weight excluding hydrogens is 168 g/mol. The van der Waals surface area contributed by atoms with E-state index in [4.69, 9.17) is 5.11 Å². The molecule has 13 heavy (non-hydrogen) atoms. The van der Waals surface area contributed by atoms with E-state index in [9.17, 15) is 4.79 Å². The fraction of sp³-hybridized carbons (Fsp3) is 0.500. The second-order valence-electron chi connectivity index (χ2n) is 2.49. The molecule has 0 heterocycles. The van der Waals surface area contributed by atoms with Gasteiger partial charge in [0.25, 0.3) is 0 Å². The quantitative estimate of drug-likeness (QED) is 0.502. The van der Waals surface area contributed by atoms with Gasteiger partial charge in [-0.25, -0.2) is 0 Å². The fourth-order valence-corrected chi connectivity index (χ4v) is 0.697. The van der Waals surface area contributed by atoms with Crippen molar-refractivity contribution in [1.29, 1.82) is 0 Å². The third-order valence-corrected chi connectivity index (χ3v) is 1.28. The molecule has 0 radical (unpaired) electrons. The van der Waals surface area contributed by atoms with Gasteiger partial charge in [-0.1, -0.05) is 24.3 Å². The molecule has 0 aliphatic carbocycles. The van der Waals surface area contributed by atoms with Crippen LogP contribution in [0, 0.1) is 0 Å². The molecular formula is C10H16O3. The van der Waals surface area contributed by atoms with Crippen LogP contribution in [0.4, 0.5) is 0 Å². The third kappa shape index (κ3) is 10.9. The molecule has 0 spiro atoms. The Kier molecular flexibility index (Phi) is 8.25. The molecule has 0 aliphatic heterocycles. The first-order valence-electron chi connectivity index (χ1n) is 4.31. The Bertz CT molecular complexity index is 183. The number of carbonyl (C=O) groups is 1. The number of hydrogen-bond donors (Lipinski definition) is 1. The highest BCUT2D eigenvalue weighted by Crippen LogP contribution is 1.89. The smallest absolute Gasteiger partial charge is 0.302 e. The van der Waals surface area contributed by atoms with Gasteiger partial charge in [-0.3, -0.25) is 4.79 Å². The molecule has 0 aliphatic rings. The minimum absolute atomic E-state index is 0.188. The summed E-state index contributed by atoms with van der Waals surface area (Å²) >= 11 is 0. The lowest BCUT2D eigenvalue weighted by atomic mass is 10.3. The highest BCUT2D eigenvalue weighted by molar-refractivity contribution is 5.65. The van der Waals surface area contributed by atoms with Gasteiger partial charge in [-0.2, -0.15) is 0 Å². The predicted molar refractivity (Wildman–Crippen MR) is 51.2 cm³/mol. The van der Waals surface area contributed by atoms with Crippen molar-refractivity contribution in [2.45, 2.75) is 19.8 Å². The minimum Gasteiger partial charge on any atom is -0.462 e. The summed E-state index contributed by atoms with van der Waals surface area (Å²) < 4.78 is 4.68. The van der Waals surface area contributed by atoms with Gasteiger partial charge in [-0.05, 0) is 12.8 Å². The van der Waals surface area contributed by atoms with Gasteiger partial charge in [-0.15, -0.1) is 0 Å². The van der Waals surface area contributed by atoms with Crippen LogP contribution in [0.1, 0.15) is 19.8 Å². The molecule has 74 valence electrons. The van der Waals surface area contributed by atoms with E-state index in [-0.39, 0.29) is 12.6 Å². The number of rotatable bonds is 6. The van der Waals surface area contributed by atoms with E-state index in [0.29, 0.717) is 13.0 Å². The molecule has 0 aromatic rings. The number of carbonyl (C=O) groups excluding carboxylic acids is 1. The molecule has 0 rings (SSSR count). The van der Waals surface area contributed by atoms with Crippen LogP contribution >= 0.6 is 0 Å². The average Bonchev–Trinajstić information content (AvgIpc) is 2.09. The lowest BCUT2D eigenvalue weighted by Gasteiger charge is -1.93. The highest BCUT2D eigenvalue weighted by atomic mass is 16.5. The Hall–Kier alpha value is -1.09. The van der Waals surface area contributed by atoms with E-state index in [0.717, 1.165) is 6.42 Å². The fourth-order valence-electron chi connectivity index (χ4n) is 0.697. The Morgan fingerprint density at radius 1 is 1.31 bits per heavy atom. The maximum Gasteiger partial charge on any atom is 0.302 e. The van der Waals surface area contributed by atoms with E-state index in [1.807, 2.05) is 18.2 Å². The van der Waals surface area contributed by atoms with Crippen LogP contribution in [-0.2, 0) is 9.53 Å². The summed E-state index contributed by atoms with van der Waals surface area (Å²) in [6.45, 7) is 1.91. The number of esters is 1. The number of aliphatic hydroxyl groups excluding tert-OH is 1. The SMILES string of the molecule is CC(=O)OC/C=C/C/C=C\CCO. The van der Waals surface area contributed by atoms with Crippen LogP contribution in [0.2, 0.25) is 0 Å². The summed E-state index contributed by atoms with van der Waals surface area (Å²) in [5, 5.41) is 8.44. The number of ether oxygens (including phenoxy) is 1. The summed E-state index contributed by atoms with van der Waals surface area (Å²) in [6.07, 6.45) is 9.08. The largest absolute Gasteiger partial charge is 0.462 e. The van der Waals surface area contributed by atoms with Crippen molar-refractivity contribution in [1.82, 2.24) is 0 Å². The van der Waals surface area contributed by atoms with E-state index in [1.54, 1.807) is 6.08 Å². The van der Waals surface area contributed by atoms with Crippen LogP contribution < -0.4 is 0 Å². The van der Waals surface area contributed by atoms with E-state index in [1.165, 1.54) is 6.92 Å². The Labute approximate surface area is 78.7 Å². The zero-order valence-electron chi connectivity index (χ0n) is 7.90. The normalized spacial score (nSPS) is 11.2. The molecule has 0 saturated carbocycles. The number of aliphatic hydroxyl groups is 1. The molecule has 0 fully saturated rings. The predicted octanol–water partition coefficient (Wildman–Crippen LogP) is 1.43. The van der Waals surface area contributed by atoms with E-state index >= 15 is 0 Å². The first-order valence-corrected chi connectivity index (χ1v) is 4.31. The van der Waals surface area contributed by atoms with Gasteiger partial charge in [0.1, 0.15) is 6.61 Å². The molecule has 0 aromatic carbocycles. The van der Waals surface area contributed by atoms with Crippen LogP contribution in [0.15, 0.2) is 24.3 Å². The molecule has 0 bridgehead atoms. The Morgan fingerprint density at radius 2 is 2.00 bits per heavy atom. The lowest BCUT2D eigenvalue weighted by molar-refractivity contribution is -0.139. The maximum absolute atomic E-state index is 10.3. The van der Waals surface area contributed by atoms with Gasteiger partial charge >= 0.3 is 5.97 Å². The summed E-state index contributed by atoms with van der Waals surface area (Å²) in [6, 6.07) is 0. The molecule has 0 aromatic heterocycles. The van der Waals surface area contributed by atoms with Gasteiger partial charge in [0, 0.05) is 13.5 Å². The van der Waals surface area contributed by atoms with Gasteiger partial charge in [0.05, 0.1) is 0 Å². The topological polar surface area (TPSA) is 46.5 Å². The molecule has 0 atom stereocenters. The number of hydrogen-bond acceptors (Lipinski definition) is 3. The van der Waals surface area contributed by atoms with E-state index in [2.05, 4.69) is 4.74 Å². The second-order valence-corrected chi connectivity index (χ2v) is 2.49. The maximum atomic E-state index is 10.3. The van der Waals surface area contributed by atoms with Crippen LogP contribution in [0.5, 0.6) is 0 Å². The number of allylic oxidation sites excluding steroid dienone is 2. The molecule has 0 unspecified atom stereocenters. The Balaban J connectivity index is 3.26. The van der Waals surface area contributed by atoms with Crippen molar-refractivity contribution in [3.8, 4) is 0 Å². The van der Waals surface area contributed by atoms with Crippen molar-refractivity contribution in [2.24, 2.45) is 0 Å². The zero-order chi connectivity index (χ0) is 9.94. The van der Waals surface area contributed by atoms with Gasteiger partial charge in [0.15, 0.2) is 0 Å². The van der Waals surface area contributed by atoms with Crippen molar-refractivity contribution < 1.29 is 14.6 Å². The van der Waals surface area contributed by atoms with Crippen molar-refractivity contribution in [2.75, 3.05) is 13.2 Å². The molecule has 1 N–H and O–H groups in total. The van der Waals surface area contributed by atoms with Gasteiger partial charge in [0.2, 0.25) is 0 Å². The molecule has 3 nitrogen and oxygen atoms in total. The average molecular weight is 184 g/mol. The van der Waals surface area contributed by atoms with Crippen LogP contribution in [0.25, 0.3) is 0 Å². The standard InChI is InChI=1S/C10H16O3/c1-10(12)13-9-7-5-3-2-4-6-8-11/h2,4-5,7,11H,3,6,8-9H2,1H3/b4-2-,7-5+. The van der Waals surface area contributed by atoms with Crippen LogP contribution in [-0.4, -0.2) is 24.3 Å².